The van der Waals surface area contributed by atoms with Crippen molar-refractivity contribution < 1.29 is 23.1 Å². The predicted molar refractivity (Wildman–Crippen MR) is 55.3 cm³/mol. The van der Waals surface area contributed by atoms with Gasteiger partial charge in [-0.15, -0.1) is 0 Å². The zero-order chi connectivity index (χ0) is 13.3. The largest absolute Gasteiger partial charge is 0.477 e. The molecule has 1 saturated heterocycles. The van der Waals surface area contributed by atoms with Gasteiger partial charge < -0.3 is 10.4 Å². The topological polar surface area (TPSA) is 67.1 Å². The number of piperidine rings is 1. The lowest BCUT2D eigenvalue weighted by Gasteiger charge is -2.23. The molecule has 2 rings (SSSR count). The van der Waals surface area contributed by atoms with Gasteiger partial charge in [-0.05, 0) is 25.9 Å². The highest BCUT2D eigenvalue weighted by Gasteiger charge is 2.37. The van der Waals surface area contributed by atoms with Crippen LogP contribution in [-0.2, 0) is 6.18 Å². The molecule has 100 valence electrons. The van der Waals surface area contributed by atoms with Crippen LogP contribution in [0.25, 0.3) is 0 Å². The first-order valence-corrected chi connectivity index (χ1v) is 5.50. The molecule has 0 radical (unpaired) electrons. The number of carbonyl (C=O) groups is 1. The van der Waals surface area contributed by atoms with Crippen molar-refractivity contribution in [3.05, 3.63) is 17.5 Å². The highest BCUT2D eigenvalue weighted by molar-refractivity contribution is 5.85. The van der Waals surface area contributed by atoms with E-state index in [1.165, 1.54) is 0 Å². The summed E-state index contributed by atoms with van der Waals surface area (Å²) in [6.07, 6.45) is -3.49. The van der Waals surface area contributed by atoms with Crippen molar-refractivity contribution in [3.63, 3.8) is 0 Å². The van der Waals surface area contributed by atoms with Gasteiger partial charge >= 0.3 is 12.1 Å². The van der Waals surface area contributed by atoms with E-state index in [1.54, 1.807) is 0 Å². The standard InChI is InChI=1S/C10H12F3N3O2/c11-10(12,13)8-5-7(9(17)18)16(15-8)6-1-3-14-4-2-6/h5-6,14H,1-4H2,(H,17,18). The normalized spacial score (nSPS) is 17.9. The maximum atomic E-state index is 12.5. The first kappa shape index (κ1) is 12.9. The quantitative estimate of drug-likeness (QED) is 0.849. The number of carboxylic acids is 1. The van der Waals surface area contributed by atoms with E-state index in [2.05, 4.69) is 10.4 Å². The molecule has 0 aromatic carbocycles. The SMILES string of the molecule is O=C(O)c1cc(C(F)(F)F)nn1C1CCNCC1. The van der Waals surface area contributed by atoms with Crippen molar-refractivity contribution in [1.29, 1.82) is 0 Å². The van der Waals surface area contributed by atoms with Gasteiger partial charge in [-0.1, -0.05) is 0 Å². The number of alkyl halides is 3. The summed E-state index contributed by atoms with van der Waals surface area (Å²) >= 11 is 0. The highest BCUT2D eigenvalue weighted by atomic mass is 19.4. The van der Waals surface area contributed by atoms with Gasteiger partial charge in [-0.3, -0.25) is 4.68 Å². The Morgan fingerprint density at radius 1 is 1.44 bits per heavy atom. The van der Waals surface area contributed by atoms with Gasteiger partial charge in [0.15, 0.2) is 5.69 Å². The third kappa shape index (κ3) is 2.47. The Morgan fingerprint density at radius 3 is 2.56 bits per heavy atom. The third-order valence-electron chi connectivity index (χ3n) is 2.90. The summed E-state index contributed by atoms with van der Waals surface area (Å²) in [6, 6.07) is 0.290. The average molecular weight is 263 g/mol. The number of rotatable bonds is 2. The van der Waals surface area contributed by atoms with Crippen molar-refractivity contribution in [1.82, 2.24) is 15.1 Å². The number of aromatic nitrogens is 2. The highest BCUT2D eigenvalue weighted by Crippen LogP contribution is 2.30. The monoisotopic (exact) mass is 263 g/mol. The van der Waals surface area contributed by atoms with Crippen LogP contribution in [0.5, 0.6) is 0 Å². The zero-order valence-electron chi connectivity index (χ0n) is 9.37. The minimum Gasteiger partial charge on any atom is -0.477 e. The van der Waals surface area contributed by atoms with Crippen LogP contribution in [0.1, 0.15) is 35.1 Å². The molecule has 1 aliphatic rings. The molecule has 0 unspecified atom stereocenters. The number of hydrogen-bond acceptors (Lipinski definition) is 3. The molecule has 0 atom stereocenters. The fourth-order valence-corrected chi connectivity index (χ4v) is 2.02. The summed E-state index contributed by atoms with van der Waals surface area (Å²) < 4.78 is 38.6. The van der Waals surface area contributed by atoms with E-state index in [1.807, 2.05) is 0 Å². The molecular weight excluding hydrogens is 251 g/mol. The summed E-state index contributed by atoms with van der Waals surface area (Å²) in [4.78, 5) is 11.0. The Balaban J connectivity index is 2.38. The Labute approximate surface area is 101 Å². The second-order valence-electron chi connectivity index (χ2n) is 4.14. The van der Waals surface area contributed by atoms with Gasteiger partial charge in [0.1, 0.15) is 5.69 Å². The molecular formula is C10H12F3N3O2. The molecule has 1 aromatic rings. The van der Waals surface area contributed by atoms with Gasteiger partial charge in [0, 0.05) is 6.07 Å². The first-order chi connectivity index (χ1) is 8.39. The maximum Gasteiger partial charge on any atom is 0.435 e. The van der Waals surface area contributed by atoms with Crippen LogP contribution in [0.4, 0.5) is 13.2 Å². The van der Waals surface area contributed by atoms with Crippen molar-refractivity contribution in [2.75, 3.05) is 13.1 Å². The summed E-state index contributed by atoms with van der Waals surface area (Å²) in [6.45, 7) is 1.29. The lowest BCUT2D eigenvalue weighted by molar-refractivity contribution is -0.141. The number of halogens is 3. The molecule has 1 aromatic heterocycles. The molecule has 8 heteroatoms. The Kier molecular flexibility index (Phi) is 3.29. The Hall–Kier alpha value is -1.57. The van der Waals surface area contributed by atoms with E-state index in [-0.39, 0.29) is 6.04 Å². The van der Waals surface area contributed by atoms with E-state index in [0.29, 0.717) is 32.0 Å². The van der Waals surface area contributed by atoms with E-state index < -0.39 is 23.5 Å². The zero-order valence-corrected chi connectivity index (χ0v) is 9.37. The fourth-order valence-electron chi connectivity index (χ4n) is 2.02. The van der Waals surface area contributed by atoms with Gasteiger partial charge in [-0.2, -0.15) is 18.3 Å². The van der Waals surface area contributed by atoms with Gasteiger partial charge in [0.05, 0.1) is 6.04 Å². The molecule has 0 bridgehead atoms. The lowest BCUT2D eigenvalue weighted by Crippen LogP contribution is -2.31. The Bertz CT molecular complexity index is 450. The van der Waals surface area contributed by atoms with Gasteiger partial charge in [-0.25, -0.2) is 4.79 Å². The van der Waals surface area contributed by atoms with E-state index >= 15 is 0 Å². The second-order valence-corrected chi connectivity index (χ2v) is 4.14. The van der Waals surface area contributed by atoms with E-state index in [0.717, 1.165) is 4.68 Å². The van der Waals surface area contributed by atoms with Crippen LogP contribution in [-0.4, -0.2) is 33.9 Å². The molecule has 0 aliphatic carbocycles. The number of aromatic carboxylic acids is 1. The number of hydrogen-bond donors (Lipinski definition) is 2. The minimum atomic E-state index is -4.62. The number of carboxylic acid groups (broad SMARTS) is 1. The number of nitrogens with zero attached hydrogens (tertiary/aromatic N) is 2. The van der Waals surface area contributed by atoms with Crippen molar-refractivity contribution in [2.45, 2.75) is 25.1 Å². The van der Waals surface area contributed by atoms with Gasteiger partial charge in [0.2, 0.25) is 0 Å². The molecule has 0 amide bonds. The summed E-state index contributed by atoms with van der Waals surface area (Å²) in [5.74, 6) is -1.39. The summed E-state index contributed by atoms with van der Waals surface area (Å²) in [7, 11) is 0. The first-order valence-electron chi connectivity index (χ1n) is 5.50. The van der Waals surface area contributed by atoms with Crippen LogP contribution in [0.15, 0.2) is 6.07 Å². The van der Waals surface area contributed by atoms with E-state index in [4.69, 9.17) is 5.11 Å². The average Bonchev–Trinajstić information content (AvgIpc) is 2.74. The maximum absolute atomic E-state index is 12.5. The van der Waals surface area contributed by atoms with Crippen LogP contribution >= 0.6 is 0 Å². The van der Waals surface area contributed by atoms with Crippen LogP contribution < -0.4 is 5.32 Å². The molecule has 0 spiro atoms. The second kappa shape index (κ2) is 4.60. The van der Waals surface area contributed by atoms with Gasteiger partial charge in [0.25, 0.3) is 0 Å². The summed E-state index contributed by atoms with van der Waals surface area (Å²) in [5.41, 5.74) is -1.56. The van der Waals surface area contributed by atoms with Crippen LogP contribution in [0.2, 0.25) is 0 Å². The molecule has 2 heterocycles. The van der Waals surface area contributed by atoms with Crippen LogP contribution in [0, 0.1) is 0 Å². The van der Waals surface area contributed by atoms with Crippen LogP contribution in [0.3, 0.4) is 0 Å². The van der Waals surface area contributed by atoms with Crippen molar-refractivity contribution in [2.24, 2.45) is 0 Å². The Morgan fingerprint density at radius 2 is 2.06 bits per heavy atom. The van der Waals surface area contributed by atoms with Crippen molar-refractivity contribution >= 4 is 5.97 Å². The number of nitrogens with one attached hydrogen (secondary N) is 1. The molecule has 5 nitrogen and oxygen atoms in total. The lowest BCUT2D eigenvalue weighted by atomic mass is 10.1. The summed E-state index contributed by atoms with van der Waals surface area (Å²) in [5, 5.41) is 15.4. The predicted octanol–water partition coefficient (Wildman–Crippen LogP) is 1.52. The van der Waals surface area contributed by atoms with E-state index in [9.17, 15) is 18.0 Å². The molecule has 0 saturated carbocycles. The molecule has 2 N–H and O–H groups in total. The molecule has 1 aliphatic heterocycles. The van der Waals surface area contributed by atoms with Crippen molar-refractivity contribution in [3.8, 4) is 0 Å². The molecule has 1 fully saturated rings. The smallest absolute Gasteiger partial charge is 0.435 e. The molecule has 18 heavy (non-hydrogen) atoms. The minimum absolute atomic E-state index is 0.298. The third-order valence-corrected chi connectivity index (χ3v) is 2.90. The fraction of sp³-hybridized carbons (Fsp3) is 0.600.